The van der Waals surface area contributed by atoms with E-state index in [1.165, 1.54) is 0 Å². The SMILES string of the molecule is CCOC(=O)c1ccc2cc(-c3ccccc3)c(Cl)nc2c1. The lowest BCUT2D eigenvalue weighted by atomic mass is 10.0. The standard InChI is InChI=1S/C18H14ClNO2/c1-2-22-18(21)14-9-8-13-10-15(12-6-4-3-5-7-12)17(19)20-16(13)11-14/h3-11H,2H2,1H3. The molecule has 110 valence electrons. The summed E-state index contributed by atoms with van der Waals surface area (Å²) in [5.74, 6) is -0.352. The van der Waals surface area contributed by atoms with Gasteiger partial charge < -0.3 is 4.74 Å². The lowest BCUT2D eigenvalue weighted by molar-refractivity contribution is 0.0526. The van der Waals surface area contributed by atoms with Crippen LogP contribution in [0.4, 0.5) is 0 Å². The second-order valence-corrected chi connectivity index (χ2v) is 5.18. The normalized spacial score (nSPS) is 10.6. The molecule has 0 amide bonds. The van der Waals surface area contributed by atoms with Crippen molar-refractivity contribution in [2.24, 2.45) is 0 Å². The molecule has 0 unspecified atom stereocenters. The highest BCUT2D eigenvalue weighted by atomic mass is 35.5. The van der Waals surface area contributed by atoms with Crippen molar-refractivity contribution in [3.05, 3.63) is 65.3 Å². The van der Waals surface area contributed by atoms with Gasteiger partial charge in [0.1, 0.15) is 5.15 Å². The van der Waals surface area contributed by atoms with Crippen molar-refractivity contribution in [1.82, 2.24) is 4.98 Å². The zero-order chi connectivity index (χ0) is 15.5. The molecule has 0 aliphatic heterocycles. The first-order valence-electron chi connectivity index (χ1n) is 7.02. The van der Waals surface area contributed by atoms with E-state index < -0.39 is 0 Å². The third-order valence-corrected chi connectivity index (χ3v) is 3.66. The molecule has 3 aromatic rings. The zero-order valence-corrected chi connectivity index (χ0v) is 12.8. The van der Waals surface area contributed by atoms with Crippen LogP contribution in [-0.4, -0.2) is 17.6 Å². The number of hydrogen-bond donors (Lipinski definition) is 0. The van der Waals surface area contributed by atoms with Gasteiger partial charge in [0.2, 0.25) is 0 Å². The van der Waals surface area contributed by atoms with Crippen molar-refractivity contribution in [2.75, 3.05) is 6.61 Å². The number of carbonyl (C=O) groups excluding carboxylic acids is 1. The summed E-state index contributed by atoms with van der Waals surface area (Å²) in [5.41, 5.74) is 3.04. The lowest BCUT2D eigenvalue weighted by Crippen LogP contribution is -2.04. The first-order valence-corrected chi connectivity index (χ1v) is 7.39. The molecule has 0 radical (unpaired) electrons. The van der Waals surface area contributed by atoms with Gasteiger partial charge in [-0.3, -0.25) is 0 Å². The first kappa shape index (κ1) is 14.5. The largest absolute Gasteiger partial charge is 0.462 e. The van der Waals surface area contributed by atoms with Crippen molar-refractivity contribution in [3.63, 3.8) is 0 Å². The Hall–Kier alpha value is -2.39. The third kappa shape index (κ3) is 2.81. The van der Waals surface area contributed by atoms with E-state index in [1.807, 2.05) is 42.5 Å². The highest BCUT2D eigenvalue weighted by Gasteiger charge is 2.11. The second kappa shape index (κ2) is 6.16. The Kier molecular flexibility index (Phi) is 4.07. The number of carbonyl (C=O) groups is 1. The molecule has 0 saturated heterocycles. The van der Waals surface area contributed by atoms with Gasteiger partial charge in [-0.25, -0.2) is 9.78 Å². The van der Waals surface area contributed by atoms with Crippen molar-refractivity contribution >= 4 is 28.5 Å². The van der Waals surface area contributed by atoms with Crippen LogP contribution in [0.15, 0.2) is 54.6 Å². The summed E-state index contributed by atoms with van der Waals surface area (Å²) in [7, 11) is 0. The Morgan fingerprint density at radius 3 is 2.64 bits per heavy atom. The van der Waals surface area contributed by atoms with Gasteiger partial charge in [-0.05, 0) is 30.7 Å². The van der Waals surface area contributed by atoms with Crippen molar-refractivity contribution < 1.29 is 9.53 Å². The zero-order valence-electron chi connectivity index (χ0n) is 12.0. The maximum absolute atomic E-state index is 11.8. The molecule has 0 aliphatic rings. The fourth-order valence-corrected chi connectivity index (χ4v) is 2.56. The highest BCUT2D eigenvalue weighted by Crippen LogP contribution is 2.30. The number of nitrogens with zero attached hydrogens (tertiary/aromatic N) is 1. The predicted octanol–water partition coefficient (Wildman–Crippen LogP) is 4.73. The van der Waals surface area contributed by atoms with Gasteiger partial charge in [-0.1, -0.05) is 48.0 Å². The maximum Gasteiger partial charge on any atom is 0.338 e. The number of hydrogen-bond acceptors (Lipinski definition) is 3. The number of esters is 1. The summed E-state index contributed by atoms with van der Waals surface area (Å²) < 4.78 is 5.00. The topological polar surface area (TPSA) is 39.2 Å². The van der Waals surface area contributed by atoms with E-state index in [4.69, 9.17) is 16.3 Å². The Bertz CT molecular complexity index is 831. The summed E-state index contributed by atoms with van der Waals surface area (Å²) in [4.78, 5) is 16.2. The van der Waals surface area contributed by atoms with E-state index in [2.05, 4.69) is 4.98 Å². The monoisotopic (exact) mass is 311 g/mol. The van der Waals surface area contributed by atoms with E-state index in [9.17, 15) is 4.79 Å². The van der Waals surface area contributed by atoms with Crippen LogP contribution in [0.2, 0.25) is 5.15 Å². The molecule has 0 bridgehead atoms. The summed E-state index contributed by atoms with van der Waals surface area (Å²) in [5, 5.41) is 1.34. The number of fused-ring (bicyclic) bond motifs is 1. The quantitative estimate of drug-likeness (QED) is 0.518. The Morgan fingerprint density at radius 1 is 1.14 bits per heavy atom. The van der Waals surface area contributed by atoms with Gasteiger partial charge in [-0.15, -0.1) is 0 Å². The van der Waals surface area contributed by atoms with Crippen LogP contribution in [0, 0.1) is 0 Å². The Balaban J connectivity index is 2.08. The average molecular weight is 312 g/mol. The molecule has 1 aromatic heterocycles. The number of aromatic nitrogens is 1. The summed E-state index contributed by atoms with van der Waals surface area (Å²) in [6.07, 6.45) is 0. The van der Waals surface area contributed by atoms with Gasteiger partial charge in [0, 0.05) is 10.9 Å². The number of ether oxygens (including phenoxy) is 1. The molecule has 3 nitrogen and oxygen atoms in total. The number of pyridine rings is 1. The van der Waals surface area contributed by atoms with Crippen LogP contribution < -0.4 is 0 Å². The molecule has 0 spiro atoms. The Morgan fingerprint density at radius 2 is 1.91 bits per heavy atom. The van der Waals surface area contributed by atoms with Gasteiger partial charge in [0.15, 0.2) is 0 Å². The van der Waals surface area contributed by atoms with E-state index >= 15 is 0 Å². The third-order valence-electron chi connectivity index (χ3n) is 3.37. The summed E-state index contributed by atoms with van der Waals surface area (Å²) >= 11 is 6.30. The molecule has 4 heteroatoms. The van der Waals surface area contributed by atoms with E-state index in [-0.39, 0.29) is 5.97 Å². The molecule has 0 saturated carbocycles. The van der Waals surface area contributed by atoms with Crippen molar-refractivity contribution in [3.8, 4) is 11.1 Å². The molecule has 1 heterocycles. The number of rotatable bonds is 3. The summed E-state index contributed by atoms with van der Waals surface area (Å²) in [6.45, 7) is 2.12. The number of benzene rings is 2. The van der Waals surface area contributed by atoms with Crippen LogP contribution >= 0.6 is 11.6 Å². The smallest absolute Gasteiger partial charge is 0.338 e. The van der Waals surface area contributed by atoms with Gasteiger partial charge >= 0.3 is 5.97 Å². The fourth-order valence-electron chi connectivity index (χ4n) is 2.31. The van der Waals surface area contributed by atoms with Crippen LogP contribution in [0.3, 0.4) is 0 Å². The molecular formula is C18H14ClNO2. The minimum Gasteiger partial charge on any atom is -0.462 e. The average Bonchev–Trinajstić information content (AvgIpc) is 2.54. The van der Waals surface area contributed by atoms with Gasteiger partial charge in [0.05, 0.1) is 17.7 Å². The molecule has 0 aliphatic carbocycles. The molecule has 3 rings (SSSR count). The first-order chi connectivity index (χ1) is 10.7. The van der Waals surface area contributed by atoms with Crippen LogP contribution in [0.5, 0.6) is 0 Å². The fraction of sp³-hybridized carbons (Fsp3) is 0.111. The van der Waals surface area contributed by atoms with E-state index in [0.717, 1.165) is 16.5 Å². The minimum atomic E-state index is -0.352. The predicted molar refractivity (Wildman–Crippen MR) is 88.1 cm³/mol. The molecule has 0 N–H and O–H groups in total. The molecule has 0 atom stereocenters. The van der Waals surface area contributed by atoms with Gasteiger partial charge in [0.25, 0.3) is 0 Å². The minimum absolute atomic E-state index is 0.345. The molecular weight excluding hydrogens is 298 g/mol. The second-order valence-electron chi connectivity index (χ2n) is 4.82. The van der Waals surface area contributed by atoms with E-state index in [0.29, 0.717) is 22.8 Å². The maximum atomic E-state index is 11.8. The van der Waals surface area contributed by atoms with E-state index in [1.54, 1.807) is 19.1 Å². The lowest BCUT2D eigenvalue weighted by Gasteiger charge is -2.08. The van der Waals surface area contributed by atoms with Crippen LogP contribution in [0.1, 0.15) is 17.3 Å². The van der Waals surface area contributed by atoms with Crippen LogP contribution in [0.25, 0.3) is 22.0 Å². The van der Waals surface area contributed by atoms with Gasteiger partial charge in [-0.2, -0.15) is 0 Å². The van der Waals surface area contributed by atoms with Crippen molar-refractivity contribution in [2.45, 2.75) is 6.92 Å². The Labute approximate surface area is 133 Å². The molecule has 0 fully saturated rings. The van der Waals surface area contributed by atoms with Crippen LogP contribution in [-0.2, 0) is 4.74 Å². The number of halogens is 1. The van der Waals surface area contributed by atoms with Crippen molar-refractivity contribution in [1.29, 1.82) is 0 Å². The molecule has 22 heavy (non-hydrogen) atoms. The summed E-state index contributed by atoms with van der Waals surface area (Å²) in [6, 6.07) is 17.1. The highest BCUT2D eigenvalue weighted by molar-refractivity contribution is 6.32. The molecule has 2 aromatic carbocycles.